The lowest BCUT2D eigenvalue weighted by Crippen LogP contribution is -2.82. The summed E-state index contributed by atoms with van der Waals surface area (Å²) in [5, 5.41) is 11.7. The number of ketones is 1. The zero-order valence-electron chi connectivity index (χ0n) is 19.0. The molecule has 2 aliphatic rings. The number of carboxylic acids is 1. The summed E-state index contributed by atoms with van der Waals surface area (Å²) in [6.07, 6.45) is 0. The second-order valence-corrected chi connectivity index (χ2v) is 11.2. The summed E-state index contributed by atoms with van der Waals surface area (Å²) in [6, 6.07) is 4.61. The number of carbonyl (C=O) groups excluding carboxylic acids is 3. The number of hydrogen-bond acceptors (Lipinski definition) is 5. The zero-order chi connectivity index (χ0) is 23.5. The minimum Gasteiger partial charge on any atom is -0.480 e. The van der Waals surface area contributed by atoms with E-state index in [1.54, 1.807) is 13.8 Å². The molecule has 2 fully saturated rings. The van der Waals surface area contributed by atoms with Crippen LogP contribution < -0.4 is 5.32 Å². The monoisotopic (exact) mass is 446 g/mol. The molecule has 3 atom stereocenters. The van der Waals surface area contributed by atoms with Crippen LogP contribution >= 0.6 is 11.8 Å². The summed E-state index contributed by atoms with van der Waals surface area (Å²) in [6.45, 7) is 12.7. The maximum absolute atomic E-state index is 13.6. The van der Waals surface area contributed by atoms with Crippen LogP contribution in [-0.4, -0.2) is 55.3 Å². The Morgan fingerprint density at radius 3 is 2.03 bits per heavy atom. The highest BCUT2D eigenvalue weighted by Gasteiger charge is 2.74. The Balaban J connectivity index is 2.06. The smallest absolute Gasteiger partial charge is 0.327 e. The van der Waals surface area contributed by atoms with Crippen LogP contribution in [0.1, 0.15) is 81.8 Å². The second-order valence-electron chi connectivity index (χ2n) is 9.47. The third-order valence-electron chi connectivity index (χ3n) is 6.25. The Morgan fingerprint density at radius 2 is 1.61 bits per heavy atom. The van der Waals surface area contributed by atoms with Crippen LogP contribution in [0.25, 0.3) is 0 Å². The standard InChI is InChI=1S/C23H30N2O5S/c1-11(2)14-9-8-10-15(12(3)4)16(14)18(27)24-23(13(5)26)20(30)25-17(19(28)29)22(6,7)31-21(23)25/h8-12,17,21H,1-7H3,(H,24,27)(H,28,29)/t17-,21+,23-/m0/s1. The number of carbonyl (C=O) groups is 4. The van der Waals surface area contributed by atoms with Gasteiger partial charge in [0.2, 0.25) is 5.54 Å². The maximum Gasteiger partial charge on any atom is 0.327 e. The Labute approximate surface area is 186 Å². The second kappa shape index (κ2) is 7.65. The average Bonchev–Trinajstić information content (AvgIpc) is 2.93. The lowest BCUT2D eigenvalue weighted by Gasteiger charge is -2.51. The number of Topliss-reactive ketones (excluding diaryl/α,β-unsaturated/α-hetero) is 1. The molecule has 8 heteroatoms. The van der Waals surface area contributed by atoms with Gasteiger partial charge in [-0.05, 0) is 43.7 Å². The van der Waals surface area contributed by atoms with Gasteiger partial charge in [-0.3, -0.25) is 14.4 Å². The van der Waals surface area contributed by atoms with Gasteiger partial charge in [0.25, 0.3) is 11.8 Å². The van der Waals surface area contributed by atoms with Gasteiger partial charge in [0, 0.05) is 10.3 Å². The van der Waals surface area contributed by atoms with E-state index in [4.69, 9.17) is 0 Å². The molecule has 0 unspecified atom stereocenters. The molecule has 0 aliphatic carbocycles. The van der Waals surface area contributed by atoms with Crippen molar-refractivity contribution in [3.8, 4) is 0 Å². The van der Waals surface area contributed by atoms with Crippen molar-refractivity contribution < 1.29 is 24.3 Å². The van der Waals surface area contributed by atoms with Gasteiger partial charge >= 0.3 is 5.97 Å². The van der Waals surface area contributed by atoms with Gasteiger partial charge in [-0.15, -0.1) is 11.8 Å². The number of aliphatic carboxylic acids is 1. The molecule has 7 nitrogen and oxygen atoms in total. The van der Waals surface area contributed by atoms with Gasteiger partial charge in [0.15, 0.2) is 5.78 Å². The van der Waals surface area contributed by atoms with E-state index in [0.29, 0.717) is 5.56 Å². The molecular weight excluding hydrogens is 416 g/mol. The molecule has 0 bridgehead atoms. The summed E-state index contributed by atoms with van der Waals surface area (Å²) in [4.78, 5) is 52.6. The fraction of sp³-hybridized carbons (Fsp3) is 0.565. The van der Waals surface area contributed by atoms with Crippen LogP contribution in [0.3, 0.4) is 0 Å². The molecule has 31 heavy (non-hydrogen) atoms. The summed E-state index contributed by atoms with van der Waals surface area (Å²) in [5.74, 6) is -2.61. The molecule has 2 saturated heterocycles. The van der Waals surface area contributed by atoms with Crippen molar-refractivity contribution in [3.63, 3.8) is 0 Å². The Hall–Kier alpha value is -2.35. The zero-order valence-corrected chi connectivity index (χ0v) is 19.8. The van der Waals surface area contributed by atoms with Crippen LogP contribution in [0.5, 0.6) is 0 Å². The highest BCUT2D eigenvalue weighted by molar-refractivity contribution is 8.01. The van der Waals surface area contributed by atoms with E-state index in [1.165, 1.54) is 23.6 Å². The number of thioether (sulfide) groups is 1. The van der Waals surface area contributed by atoms with Crippen LogP contribution in [0.15, 0.2) is 18.2 Å². The summed E-state index contributed by atoms with van der Waals surface area (Å²) in [7, 11) is 0. The molecule has 168 valence electrons. The van der Waals surface area contributed by atoms with Gasteiger partial charge in [0.1, 0.15) is 11.4 Å². The molecule has 1 aromatic rings. The van der Waals surface area contributed by atoms with Gasteiger partial charge < -0.3 is 15.3 Å². The molecule has 0 radical (unpaired) electrons. The Kier molecular flexibility index (Phi) is 5.76. The minimum atomic E-state index is -1.76. The Bertz CT molecular complexity index is 944. The number of nitrogens with one attached hydrogen (secondary N) is 1. The van der Waals surface area contributed by atoms with Crippen molar-refractivity contribution in [2.24, 2.45) is 0 Å². The van der Waals surface area contributed by atoms with Gasteiger partial charge in [-0.1, -0.05) is 45.9 Å². The third-order valence-corrected chi connectivity index (χ3v) is 7.88. The van der Waals surface area contributed by atoms with E-state index >= 15 is 0 Å². The van der Waals surface area contributed by atoms with Gasteiger partial charge in [0.05, 0.1) is 0 Å². The van der Waals surface area contributed by atoms with Gasteiger partial charge in [-0.2, -0.15) is 0 Å². The van der Waals surface area contributed by atoms with E-state index in [9.17, 15) is 24.3 Å². The van der Waals surface area contributed by atoms with Crippen molar-refractivity contribution >= 4 is 35.3 Å². The Morgan fingerprint density at radius 1 is 1.10 bits per heavy atom. The highest BCUT2D eigenvalue weighted by atomic mass is 32.2. The molecule has 2 heterocycles. The van der Waals surface area contributed by atoms with E-state index < -0.39 is 45.3 Å². The van der Waals surface area contributed by atoms with Crippen LogP contribution in [-0.2, 0) is 14.4 Å². The summed E-state index contributed by atoms with van der Waals surface area (Å²) < 4.78 is -0.799. The van der Waals surface area contributed by atoms with Crippen molar-refractivity contribution in [3.05, 3.63) is 34.9 Å². The molecule has 2 aliphatic heterocycles. The number of fused-ring (bicyclic) bond motifs is 1. The lowest BCUT2D eigenvalue weighted by molar-refractivity contribution is -0.170. The molecular formula is C23H30N2O5S. The molecule has 0 aromatic heterocycles. The molecule has 3 rings (SSSR count). The molecule has 2 amide bonds. The van der Waals surface area contributed by atoms with E-state index in [0.717, 1.165) is 11.1 Å². The van der Waals surface area contributed by atoms with Crippen molar-refractivity contribution in [2.75, 3.05) is 0 Å². The predicted molar refractivity (Wildman–Crippen MR) is 119 cm³/mol. The first-order valence-corrected chi connectivity index (χ1v) is 11.3. The number of β-lactam (4-membered cyclic amide) rings is 1. The fourth-order valence-corrected chi connectivity index (χ4v) is 6.39. The van der Waals surface area contributed by atoms with E-state index in [-0.39, 0.29) is 11.8 Å². The summed E-state index contributed by atoms with van der Waals surface area (Å²) in [5.41, 5.74) is 0.404. The molecule has 0 saturated carbocycles. The SMILES string of the molecule is CC(=O)[C@]1(NC(=O)c2c(C(C)C)cccc2C(C)C)C(=O)N2[C@@H](C(=O)O)C(C)(C)S[C@@H]21. The first-order valence-electron chi connectivity index (χ1n) is 10.5. The predicted octanol–water partition coefficient (Wildman–Crippen LogP) is 3.14. The topological polar surface area (TPSA) is 104 Å². The number of nitrogens with zero attached hydrogens (tertiary/aromatic N) is 1. The van der Waals surface area contributed by atoms with Crippen LogP contribution in [0, 0.1) is 0 Å². The molecule has 1 aromatic carbocycles. The minimum absolute atomic E-state index is 0.0671. The lowest BCUT2D eigenvalue weighted by atomic mass is 9.80. The van der Waals surface area contributed by atoms with Crippen molar-refractivity contribution in [2.45, 2.75) is 82.0 Å². The first-order chi connectivity index (χ1) is 14.3. The van der Waals surface area contributed by atoms with E-state index in [1.807, 2.05) is 45.9 Å². The molecule has 0 spiro atoms. The van der Waals surface area contributed by atoms with Crippen molar-refractivity contribution in [1.29, 1.82) is 0 Å². The highest BCUT2D eigenvalue weighted by Crippen LogP contribution is 2.55. The summed E-state index contributed by atoms with van der Waals surface area (Å²) >= 11 is 1.24. The number of rotatable bonds is 6. The van der Waals surface area contributed by atoms with Gasteiger partial charge in [-0.25, -0.2) is 4.79 Å². The van der Waals surface area contributed by atoms with Crippen LogP contribution in [0.2, 0.25) is 0 Å². The maximum atomic E-state index is 13.6. The fourth-order valence-electron chi connectivity index (χ4n) is 4.64. The average molecular weight is 447 g/mol. The quantitative estimate of drug-likeness (QED) is 0.514. The number of amides is 2. The third kappa shape index (κ3) is 3.35. The molecule has 2 N–H and O–H groups in total. The van der Waals surface area contributed by atoms with E-state index in [2.05, 4.69) is 5.32 Å². The van der Waals surface area contributed by atoms with Crippen molar-refractivity contribution in [1.82, 2.24) is 10.2 Å². The van der Waals surface area contributed by atoms with Crippen LogP contribution in [0.4, 0.5) is 0 Å². The number of benzene rings is 1. The largest absolute Gasteiger partial charge is 0.480 e. The first kappa shape index (κ1) is 23.3. The number of hydrogen-bond donors (Lipinski definition) is 2. The number of carboxylic acid groups (broad SMARTS) is 1. The normalized spacial score (nSPS) is 26.6.